The highest BCUT2D eigenvalue weighted by Gasteiger charge is 2.16. The first kappa shape index (κ1) is 18.7. The van der Waals surface area contributed by atoms with Gasteiger partial charge in [-0.25, -0.2) is 4.79 Å². The largest absolute Gasteiger partial charge is 0.481 e. The molecule has 0 saturated carbocycles. The summed E-state index contributed by atoms with van der Waals surface area (Å²) in [4.78, 5) is 22.5. The van der Waals surface area contributed by atoms with Crippen LogP contribution >= 0.6 is 0 Å². The molecule has 0 aromatic rings. The molecule has 0 fully saturated rings. The Hall–Kier alpha value is -1.26. The Balaban J connectivity index is 3.93. The van der Waals surface area contributed by atoms with Crippen LogP contribution in [0, 0.1) is 11.8 Å². The Morgan fingerprint density at radius 1 is 1.05 bits per heavy atom. The lowest BCUT2D eigenvalue weighted by atomic mass is 10.0. The topological polar surface area (TPSA) is 78.4 Å². The maximum Gasteiger partial charge on any atom is 0.315 e. The van der Waals surface area contributed by atoms with E-state index in [1.807, 2.05) is 6.92 Å². The van der Waals surface area contributed by atoms with Gasteiger partial charge in [-0.1, -0.05) is 34.1 Å². The second-order valence-corrected chi connectivity index (χ2v) is 5.95. The van der Waals surface area contributed by atoms with Gasteiger partial charge in [0.15, 0.2) is 0 Å². The number of carbonyl (C=O) groups excluding carboxylic acids is 1. The Labute approximate surface area is 122 Å². The van der Waals surface area contributed by atoms with Crippen molar-refractivity contribution in [2.24, 2.45) is 11.8 Å². The van der Waals surface area contributed by atoms with Crippen molar-refractivity contribution in [2.45, 2.75) is 72.4 Å². The van der Waals surface area contributed by atoms with Crippen molar-refractivity contribution < 1.29 is 14.7 Å². The molecule has 2 amide bonds. The molecule has 3 unspecified atom stereocenters. The molecule has 0 rings (SSSR count). The lowest BCUT2D eigenvalue weighted by Crippen LogP contribution is -2.47. The smallest absolute Gasteiger partial charge is 0.315 e. The number of carboxylic acids is 1. The number of rotatable bonds is 9. The molecule has 118 valence electrons. The van der Waals surface area contributed by atoms with E-state index in [9.17, 15) is 9.59 Å². The van der Waals surface area contributed by atoms with Crippen LogP contribution in [-0.2, 0) is 4.79 Å². The van der Waals surface area contributed by atoms with Crippen LogP contribution in [0.15, 0.2) is 0 Å². The van der Waals surface area contributed by atoms with Gasteiger partial charge < -0.3 is 15.7 Å². The van der Waals surface area contributed by atoms with Crippen molar-refractivity contribution in [3.05, 3.63) is 0 Å². The lowest BCUT2D eigenvalue weighted by molar-refractivity contribution is -0.141. The molecule has 0 heterocycles. The van der Waals surface area contributed by atoms with Crippen molar-refractivity contribution >= 4 is 12.0 Å². The predicted molar refractivity (Wildman–Crippen MR) is 80.7 cm³/mol. The van der Waals surface area contributed by atoms with E-state index in [0.717, 1.165) is 19.3 Å². The van der Waals surface area contributed by atoms with Gasteiger partial charge in [-0.05, 0) is 32.1 Å². The van der Waals surface area contributed by atoms with Crippen LogP contribution in [-0.4, -0.2) is 29.2 Å². The standard InChI is InChI=1S/C15H30N2O3/c1-6-13(10(2)3)17-15(20)16-12(5)9-7-8-11(4)14(18)19/h10-13H,6-9H2,1-5H3,(H,18,19)(H2,16,17,20). The van der Waals surface area contributed by atoms with Gasteiger partial charge in [0.1, 0.15) is 0 Å². The lowest BCUT2D eigenvalue weighted by Gasteiger charge is -2.22. The summed E-state index contributed by atoms with van der Waals surface area (Å²) >= 11 is 0. The van der Waals surface area contributed by atoms with E-state index in [1.54, 1.807) is 6.92 Å². The van der Waals surface area contributed by atoms with Crippen LogP contribution in [0.5, 0.6) is 0 Å². The van der Waals surface area contributed by atoms with E-state index in [-0.39, 0.29) is 24.0 Å². The highest BCUT2D eigenvalue weighted by atomic mass is 16.4. The molecule has 3 atom stereocenters. The van der Waals surface area contributed by atoms with Gasteiger partial charge in [0, 0.05) is 12.1 Å². The third-order valence-electron chi connectivity index (χ3n) is 3.63. The van der Waals surface area contributed by atoms with Crippen molar-refractivity contribution in [3.63, 3.8) is 0 Å². The number of urea groups is 1. The Morgan fingerprint density at radius 3 is 2.10 bits per heavy atom. The molecule has 20 heavy (non-hydrogen) atoms. The molecule has 0 radical (unpaired) electrons. The fourth-order valence-electron chi connectivity index (χ4n) is 2.10. The molecule has 0 bridgehead atoms. The first-order valence-corrected chi connectivity index (χ1v) is 7.57. The average Bonchev–Trinajstić information content (AvgIpc) is 2.35. The second kappa shape index (κ2) is 9.61. The zero-order valence-electron chi connectivity index (χ0n) is 13.4. The number of aliphatic carboxylic acids is 1. The van der Waals surface area contributed by atoms with Gasteiger partial charge in [0.05, 0.1) is 5.92 Å². The summed E-state index contributed by atoms with van der Waals surface area (Å²) in [5.41, 5.74) is 0. The number of hydrogen-bond acceptors (Lipinski definition) is 2. The summed E-state index contributed by atoms with van der Waals surface area (Å²) in [5.74, 6) is -0.662. The summed E-state index contributed by atoms with van der Waals surface area (Å²) in [6.45, 7) is 9.89. The van der Waals surface area contributed by atoms with Crippen molar-refractivity contribution in [2.75, 3.05) is 0 Å². The zero-order valence-corrected chi connectivity index (χ0v) is 13.4. The van der Waals surface area contributed by atoms with Gasteiger partial charge >= 0.3 is 12.0 Å². The molecule has 0 aliphatic heterocycles. The van der Waals surface area contributed by atoms with Crippen LogP contribution in [0.2, 0.25) is 0 Å². The molecular formula is C15H30N2O3. The van der Waals surface area contributed by atoms with E-state index in [0.29, 0.717) is 12.3 Å². The molecule has 0 saturated heterocycles. The Bertz CT molecular complexity index is 305. The van der Waals surface area contributed by atoms with Gasteiger partial charge in [0.2, 0.25) is 0 Å². The molecular weight excluding hydrogens is 256 g/mol. The quantitative estimate of drug-likeness (QED) is 0.609. The Morgan fingerprint density at radius 2 is 1.65 bits per heavy atom. The predicted octanol–water partition coefficient (Wildman–Crippen LogP) is 3.00. The average molecular weight is 286 g/mol. The fraction of sp³-hybridized carbons (Fsp3) is 0.867. The molecule has 0 aliphatic carbocycles. The minimum absolute atomic E-state index is 0.0562. The second-order valence-electron chi connectivity index (χ2n) is 5.95. The molecule has 0 spiro atoms. The number of hydrogen-bond donors (Lipinski definition) is 3. The van der Waals surface area contributed by atoms with Crippen LogP contribution in [0.4, 0.5) is 4.79 Å². The van der Waals surface area contributed by atoms with Crippen LogP contribution in [0.25, 0.3) is 0 Å². The SMILES string of the molecule is CCC(NC(=O)NC(C)CCCC(C)C(=O)O)C(C)C. The van der Waals surface area contributed by atoms with E-state index < -0.39 is 5.97 Å². The highest BCUT2D eigenvalue weighted by molar-refractivity contribution is 5.74. The fourth-order valence-corrected chi connectivity index (χ4v) is 2.10. The summed E-state index contributed by atoms with van der Waals surface area (Å²) in [6, 6.07) is 0.110. The summed E-state index contributed by atoms with van der Waals surface area (Å²) < 4.78 is 0. The van der Waals surface area contributed by atoms with Crippen LogP contribution in [0.3, 0.4) is 0 Å². The molecule has 5 heteroatoms. The van der Waals surface area contributed by atoms with Crippen LogP contribution < -0.4 is 10.6 Å². The Kier molecular flexibility index (Phi) is 9.01. The first-order valence-electron chi connectivity index (χ1n) is 7.57. The molecule has 5 nitrogen and oxygen atoms in total. The minimum atomic E-state index is -0.758. The van der Waals surface area contributed by atoms with Gasteiger partial charge in [0.25, 0.3) is 0 Å². The molecule has 3 N–H and O–H groups in total. The minimum Gasteiger partial charge on any atom is -0.481 e. The number of carboxylic acid groups (broad SMARTS) is 1. The van der Waals surface area contributed by atoms with Gasteiger partial charge in [-0.2, -0.15) is 0 Å². The third-order valence-corrected chi connectivity index (χ3v) is 3.63. The summed E-state index contributed by atoms with van der Waals surface area (Å²) in [7, 11) is 0. The molecule has 0 aromatic heterocycles. The number of nitrogens with one attached hydrogen (secondary N) is 2. The monoisotopic (exact) mass is 286 g/mol. The van der Waals surface area contributed by atoms with Gasteiger partial charge in [-0.3, -0.25) is 4.79 Å². The maximum absolute atomic E-state index is 11.8. The van der Waals surface area contributed by atoms with E-state index in [1.165, 1.54) is 0 Å². The molecule has 0 aliphatic rings. The number of carbonyl (C=O) groups is 2. The summed E-state index contributed by atoms with van der Waals surface area (Å²) in [5, 5.41) is 14.7. The third kappa shape index (κ3) is 8.02. The number of amides is 2. The zero-order chi connectivity index (χ0) is 15.7. The van der Waals surface area contributed by atoms with Crippen molar-refractivity contribution in [1.82, 2.24) is 10.6 Å². The van der Waals surface area contributed by atoms with E-state index in [2.05, 4.69) is 31.4 Å². The van der Waals surface area contributed by atoms with Gasteiger partial charge in [-0.15, -0.1) is 0 Å². The van der Waals surface area contributed by atoms with Crippen LogP contribution in [0.1, 0.15) is 60.3 Å². The summed E-state index contributed by atoms with van der Waals surface area (Å²) in [6.07, 6.45) is 3.15. The van der Waals surface area contributed by atoms with Crippen molar-refractivity contribution in [3.8, 4) is 0 Å². The van der Waals surface area contributed by atoms with E-state index in [4.69, 9.17) is 5.11 Å². The molecule has 0 aromatic carbocycles. The maximum atomic E-state index is 11.8. The normalized spacial score (nSPS) is 15.5. The first-order chi connectivity index (χ1) is 9.27. The van der Waals surface area contributed by atoms with Crippen molar-refractivity contribution in [1.29, 1.82) is 0 Å². The highest BCUT2D eigenvalue weighted by Crippen LogP contribution is 2.10. The van der Waals surface area contributed by atoms with E-state index >= 15 is 0 Å².